The van der Waals surface area contributed by atoms with Crippen molar-refractivity contribution in [1.82, 2.24) is 0 Å². The molecule has 0 aliphatic rings. The van der Waals surface area contributed by atoms with E-state index in [1.54, 1.807) is 19.9 Å². The second-order valence-electron chi connectivity index (χ2n) is 8.85. The van der Waals surface area contributed by atoms with E-state index in [9.17, 15) is 19.2 Å². The first-order valence-corrected chi connectivity index (χ1v) is 10.3. The van der Waals surface area contributed by atoms with Gasteiger partial charge in [0.1, 0.15) is 18.2 Å². The van der Waals surface area contributed by atoms with Crippen LogP contribution in [0.2, 0.25) is 0 Å². The van der Waals surface area contributed by atoms with Gasteiger partial charge in [0.25, 0.3) is 0 Å². The number of esters is 4. The van der Waals surface area contributed by atoms with Gasteiger partial charge in [0.2, 0.25) is 0 Å². The first kappa shape index (κ1) is 27.1. The van der Waals surface area contributed by atoms with Gasteiger partial charge in [-0.3, -0.25) is 19.2 Å². The van der Waals surface area contributed by atoms with Crippen molar-refractivity contribution in [1.29, 1.82) is 0 Å². The standard InChI is InChI=1S/C23H33NO8/c1-13(29-21(27)12-23(5,6)7)14(2)30-22(28)18(24)10-17-8-9-19(31-15(3)25)20(11-17)32-16(4)26/h8-9,11,13-14,18H,10,12,24H2,1-7H3/t13-,14-,18-/m0/s1. The van der Waals surface area contributed by atoms with Crippen molar-refractivity contribution in [3.8, 4) is 11.5 Å². The zero-order valence-electron chi connectivity index (χ0n) is 19.7. The van der Waals surface area contributed by atoms with E-state index >= 15 is 0 Å². The van der Waals surface area contributed by atoms with Crippen LogP contribution in [0.3, 0.4) is 0 Å². The van der Waals surface area contributed by atoms with Crippen molar-refractivity contribution in [3.05, 3.63) is 23.8 Å². The number of hydrogen-bond acceptors (Lipinski definition) is 9. The summed E-state index contributed by atoms with van der Waals surface area (Å²) in [6.45, 7) is 11.5. The summed E-state index contributed by atoms with van der Waals surface area (Å²) in [7, 11) is 0. The number of carbonyl (C=O) groups is 4. The van der Waals surface area contributed by atoms with Crippen LogP contribution >= 0.6 is 0 Å². The van der Waals surface area contributed by atoms with Crippen molar-refractivity contribution in [2.45, 2.75) is 79.6 Å². The van der Waals surface area contributed by atoms with Crippen LogP contribution in [0.1, 0.15) is 60.5 Å². The van der Waals surface area contributed by atoms with Crippen LogP contribution in [0.4, 0.5) is 0 Å². The molecule has 178 valence electrons. The van der Waals surface area contributed by atoms with Crippen LogP contribution < -0.4 is 15.2 Å². The summed E-state index contributed by atoms with van der Waals surface area (Å²) in [5.41, 5.74) is 6.33. The quantitative estimate of drug-likeness (QED) is 0.444. The lowest BCUT2D eigenvalue weighted by atomic mass is 9.92. The Morgan fingerprint density at radius 3 is 1.97 bits per heavy atom. The van der Waals surface area contributed by atoms with Gasteiger partial charge in [-0.25, -0.2) is 0 Å². The van der Waals surface area contributed by atoms with Gasteiger partial charge in [-0.15, -0.1) is 0 Å². The Hall–Kier alpha value is -2.94. The summed E-state index contributed by atoms with van der Waals surface area (Å²) in [6.07, 6.45) is -1.01. The van der Waals surface area contributed by atoms with Crippen LogP contribution in [-0.2, 0) is 35.1 Å². The third-order valence-corrected chi connectivity index (χ3v) is 4.23. The average molecular weight is 452 g/mol. The molecule has 1 aromatic rings. The molecule has 1 aromatic carbocycles. The fourth-order valence-electron chi connectivity index (χ4n) is 2.63. The summed E-state index contributed by atoms with van der Waals surface area (Å²) in [5, 5.41) is 0. The minimum atomic E-state index is -1.01. The maximum Gasteiger partial charge on any atom is 0.323 e. The Balaban J connectivity index is 2.75. The highest BCUT2D eigenvalue weighted by Crippen LogP contribution is 2.29. The van der Waals surface area contributed by atoms with Crippen LogP contribution in [-0.4, -0.2) is 42.1 Å². The first-order valence-electron chi connectivity index (χ1n) is 10.3. The highest BCUT2D eigenvalue weighted by Gasteiger charge is 2.26. The Bertz CT molecular complexity index is 843. The molecule has 0 heterocycles. The molecule has 0 unspecified atom stereocenters. The van der Waals surface area contributed by atoms with E-state index in [2.05, 4.69) is 0 Å². The van der Waals surface area contributed by atoms with Gasteiger partial charge < -0.3 is 24.7 Å². The fraction of sp³-hybridized carbons (Fsp3) is 0.565. The number of nitrogens with two attached hydrogens (primary N) is 1. The second kappa shape index (κ2) is 11.6. The summed E-state index contributed by atoms with van der Waals surface area (Å²) < 4.78 is 20.8. The molecule has 0 bridgehead atoms. The number of carbonyl (C=O) groups excluding carboxylic acids is 4. The molecule has 0 radical (unpaired) electrons. The van der Waals surface area contributed by atoms with Gasteiger partial charge in [0.05, 0.1) is 6.42 Å². The Kier molecular flexibility index (Phi) is 9.83. The van der Waals surface area contributed by atoms with Gasteiger partial charge >= 0.3 is 23.9 Å². The molecular weight excluding hydrogens is 418 g/mol. The lowest BCUT2D eigenvalue weighted by Crippen LogP contribution is -2.39. The van der Waals surface area contributed by atoms with Crippen molar-refractivity contribution >= 4 is 23.9 Å². The largest absolute Gasteiger partial charge is 0.459 e. The van der Waals surface area contributed by atoms with E-state index in [4.69, 9.17) is 24.7 Å². The molecule has 3 atom stereocenters. The molecule has 0 aromatic heterocycles. The molecule has 0 spiro atoms. The van der Waals surface area contributed by atoms with Crippen molar-refractivity contribution in [3.63, 3.8) is 0 Å². The molecule has 0 saturated carbocycles. The molecule has 0 aliphatic heterocycles. The highest BCUT2D eigenvalue weighted by molar-refractivity contribution is 5.77. The molecule has 9 nitrogen and oxygen atoms in total. The van der Waals surface area contributed by atoms with Crippen molar-refractivity contribution in [2.24, 2.45) is 11.1 Å². The fourth-order valence-corrected chi connectivity index (χ4v) is 2.63. The number of hydrogen-bond donors (Lipinski definition) is 1. The van der Waals surface area contributed by atoms with Gasteiger partial charge in [-0.2, -0.15) is 0 Å². The predicted molar refractivity (Wildman–Crippen MR) is 116 cm³/mol. The monoisotopic (exact) mass is 451 g/mol. The van der Waals surface area contributed by atoms with Crippen LogP contribution in [0.15, 0.2) is 18.2 Å². The molecule has 2 N–H and O–H groups in total. The third-order valence-electron chi connectivity index (χ3n) is 4.23. The molecule has 1 rings (SSSR count). The summed E-state index contributed by atoms with van der Waals surface area (Å²) >= 11 is 0. The van der Waals surface area contributed by atoms with E-state index in [0.717, 1.165) is 0 Å². The number of benzene rings is 1. The van der Waals surface area contributed by atoms with Crippen LogP contribution in [0, 0.1) is 5.41 Å². The summed E-state index contributed by atoms with van der Waals surface area (Å²) in [4.78, 5) is 46.9. The molecule has 0 fully saturated rings. The zero-order chi connectivity index (χ0) is 24.6. The Morgan fingerprint density at radius 1 is 0.906 bits per heavy atom. The minimum absolute atomic E-state index is 0.0403. The lowest BCUT2D eigenvalue weighted by Gasteiger charge is -2.24. The Morgan fingerprint density at radius 2 is 1.44 bits per heavy atom. The van der Waals surface area contributed by atoms with E-state index in [0.29, 0.717) is 5.56 Å². The molecule has 0 saturated heterocycles. The third kappa shape index (κ3) is 9.91. The molecule has 0 aliphatic carbocycles. The van der Waals surface area contributed by atoms with Crippen molar-refractivity contribution < 1.29 is 38.1 Å². The zero-order valence-corrected chi connectivity index (χ0v) is 19.7. The minimum Gasteiger partial charge on any atom is -0.459 e. The predicted octanol–water partition coefficient (Wildman–Crippen LogP) is 2.71. The topological polar surface area (TPSA) is 131 Å². The van der Waals surface area contributed by atoms with E-state index in [1.165, 1.54) is 26.0 Å². The van der Waals surface area contributed by atoms with Gasteiger partial charge in [-0.05, 0) is 43.4 Å². The van der Waals surface area contributed by atoms with Gasteiger partial charge in [0, 0.05) is 13.8 Å². The van der Waals surface area contributed by atoms with E-state index in [1.807, 2.05) is 20.8 Å². The first-order chi connectivity index (χ1) is 14.7. The SMILES string of the molecule is CC(=O)Oc1ccc(C[C@H](N)C(=O)O[C@@H](C)[C@H](C)OC(=O)CC(C)(C)C)cc1OC(C)=O. The maximum absolute atomic E-state index is 12.4. The van der Waals surface area contributed by atoms with Gasteiger partial charge in [-0.1, -0.05) is 26.8 Å². The molecule has 32 heavy (non-hydrogen) atoms. The smallest absolute Gasteiger partial charge is 0.323 e. The highest BCUT2D eigenvalue weighted by atomic mass is 16.6. The van der Waals surface area contributed by atoms with Crippen LogP contribution in [0.5, 0.6) is 11.5 Å². The maximum atomic E-state index is 12.4. The number of rotatable bonds is 9. The van der Waals surface area contributed by atoms with Crippen molar-refractivity contribution in [2.75, 3.05) is 0 Å². The molecule has 0 amide bonds. The number of ether oxygens (including phenoxy) is 4. The van der Waals surface area contributed by atoms with Crippen LogP contribution in [0.25, 0.3) is 0 Å². The summed E-state index contributed by atoms with van der Waals surface area (Å²) in [5.74, 6) is -2.09. The van der Waals surface area contributed by atoms with E-state index < -0.39 is 36.2 Å². The Labute approximate surface area is 188 Å². The summed E-state index contributed by atoms with van der Waals surface area (Å²) in [6, 6.07) is 3.50. The van der Waals surface area contributed by atoms with E-state index in [-0.39, 0.29) is 35.7 Å². The second-order valence-corrected chi connectivity index (χ2v) is 8.85. The van der Waals surface area contributed by atoms with Gasteiger partial charge in [0.15, 0.2) is 11.5 Å². The lowest BCUT2D eigenvalue weighted by molar-refractivity contribution is -0.167. The average Bonchev–Trinajstić information content (AvgIpc) is 2.61. The molecular formula is C23H33NO8. The molecule has 9 heteroatoms. The normalized spacial score (nSPS) is 14.0.